The summed E-state index contributed by atoms with van der Waals surface area (Å²) in [5, 5.41) is 4.68. The Morgan fingerprint density at radius 1 is 0.967 bits per heavy atom. The van der Waals surface area contributed by atoms with Gasteiger partial charge in [-0.3, -0.25) is 9.59 Å². The molecule has 30 heavy (non-hydrogen) atoms. The highest BCUT2D eigenvalue weighted by Crippen LogP contribution is 2.19. The lowest BCUT2D eigenvalue weighted by Gasteiger charge is -2.15. The van der Waals surface area contributed by atoms with Gasteiger partial charge in [-0.05, 0) is 43.3 Å². The number of carbonyl (C=O) groups is 3. The maximum atomic E-state index is 13.7. The standard InChI is InChI=1S/C21H16F2N2O5/c1-12(19(26)25-17-11-13(22)8-9-15(17)23)30-21(28)14-5-2-3-6-16(14)24-20(27)18-7-4-10-29-18/h2-12H,1H3,(H,24,27)(H,25,26)/t12-/m0/s1. The Morgan fingerprint density at radius 3 is 2.47 bits per heavy atom. The van der Waals surface area contributed by atoms with Crippen LogP contribution in [-0.2, 0) is 9.53 Å². The number of halogens is 2. The molecule has 0 bridgehead atoms. The van der Waals surface area contributed by atoms with E-state index >= 15 is 0 Å². The molecule has 0 aliphatic carbocycles. The smallest absolute Gasteiger partial charge is 0.341 e. The van der Waals surface area contributed by atoms with Gasteiger partial charge in [0.05, 0.1) is 23.2 Å². The highest BCUT2D eigenvalue weighted by molar-refractivity contribution is 6.07. The summed E-state index contributed by atoms with van der Waals surface area (Å²) in [6.07, 6.45) is 0.00517. The Morgan fingerprint density at radius 2 is 1.73 bits per heavy atom. The topological polar surface area (TPSA) is 97.6 Å². The van der Waals surface area contributed by atoms with Gasteiger partial charge in [0.15, 0.2) is 11.9 Å². The summed E-state index contributed by atoms with van der Waals surface area (Å²) in [7, 11) is 0. The van der Waals surface area contributed by atoms with Crippen molar-refractivity contribution in [2.45, 2.75) is 13.0 Å². The number of para-hydroxylation sites is 1. The van der Waals surface area contributed by atoms with E-state index in [1.54, 1.807) is 12.1 Å². The molecule has 0 radical (unpaired) electrons. The fraction of sp³-hybridized carbons (Fsp3) is 0.0952. The third-order valence-corrected chi connectivity index (χ3v) is 3.98. The van der Waals surface area contributed by atoms with Crippen molar-refractivity contribution in [3.63, 3.8) is 0 Å². The first-order chi connectivity index (χ1) is 14.3. The Kier molecular flexibility index (Phi) is 6.21. The lowest BCUT2D eigenvalue weighted by molar-refractivity contribution is -0.123. The molecule has 0 aliphatic rings. The number of hydrogen-bond acceptors (Lipinski definition) is 5. The molecule has 0 unspecified atom stereocenters. The first-order valence-corrected chi connectivity index (χ1v) is 8.76. The van der Waals surface area contributed by atoms with Crippen LogP contribution in [0.15, 0.2) is 65.3 Å². The summed E-state index contributed by atoms with van der Waals surface area (Å²) < 4.78 is 37.0. The molecule has 2 aromatic carbocycles. The first kappa shape index (κ1) is 20.7. The molecule has 2 amide bonds. The van der Waals surface area contributed by atoms with Crippen molar-refractivity contribution in [3.05, 3.63) is 83.8 Å². The second kappa shape index (κ2) is 8.99. The van der Waals surface area contributed by atoms with Gasteiger partial charge in [0.1, 0.15) is 11.6 Å². The van der Waals surface area contributed by atoms with Crippen LogP contribution in [-0.4, -0.2) is 23.9 Å². The molecule has 0 saturated carbocycles. The zero-order valence-corrected chi connectivity index (χ0v) is 15.6. The lowest BCUT2D eigenvalue weighted by Crippen LogP contribution is -2.30. The monoisotopic (exact) mass is 414 g/mol. The average molecular weight is 414 g/mol. The van der Waals surface area contributed by atoms with Crippen molar-refractivity contribution < 1.29 is 32.3 Å². The number of amides is 2. The van der Waals surface area contributed by atoms with Crippen LogP contribution in [0.3, 0.4) is 0 Å². The van der Waals surface area contributed by atoms with Crippen molar-refractivity contribution in [1.29, 1.82) is 0 Å². The van der Waals surface area contributed by atoms with Gasteiger partial charge in [-0.2, -0.15) is 0 Å². The predicted molar refractivity (Wildman–Crippen MR) is 103 cm³/mol. The number of furan rings is 1. The van der Waals surface area contributed by atoms with E-state index in [9.17, 15) is 23.2 Å². The molecule has 1 heterocycles. The van der Waals surface area contributed by atoms with Crippen molar-refractivity contribution >= 4 is 29.2 Å². The molecule has 1 atom stereocenters. The van der Waals surface area contributed by atoms with Crippen LogP contribution in [0.1, 0.15) is 27.8 Å². The number of rotatable bonds is 6. The zero-order chi connectivity index (χ0) is 21.7. The van der Waals surface area contributed by atoms with Gasteiger partial charge in [0.25, 0.3) is 11.8 Å². The van der Waals surface area contributed by atoms with E-state index in [1.165, 1.54) is 37.5 Å². The summed E-state index contributed by atoms with van der Waals surface area (Å²) >= 11 is 0. The van der Waals surface area contributed by atoms with Gasteiger partial charge in [-0.1, -0.05) is 12.1 Å². The maximum Gasteiger partial charge on any atom is 0.341 e. The van der Waals surface area contributed by atoms with Crippen molar-refractivity contribution in [3.8, 4) is 0 Å². The molecule has 3 aromatic rings. The fourth-order valence-corrected chi connectivity index (χ4v) is 2.47. The van der Waals surface area contributed by atoms with Gasteiger partial charge >= 0.3 is 5.97 Å². The van der Waals surface area contributed by atoms with Crippen LogP contribution < -0.4 is 10.6 Å². The number of esters is 1. The van der Waals surface area contributed by atoms with Gasteiger partial charge < -0.3 is 19.8 Å². The Hall–Kier alpha value is -4.01. The van der Waals surface area contributed by atoms with Crippen LogP contribution in [0.25, 0.3) is 0 Å². The van der Waals surface area contributed by atoms with Crippen molar-refractivity contribution in [2.75, 3.05) is 10.6 Å². The second-order valence-electron chi connectivity index (χ2n) is 6.14. The minimum atomic E-state index is -1.33. The molecule has 3 rings (SSSR count). The summed E-state index contributed by atoms with van der Waals surface area (Å²) in [5.74, 6) is -3.86. The predicted octanol–water partition coefficient (Wildman–Crippen LogP) is 3.99. The third kappa shape index (κ3) is 4.88. The summed E-state index contributed by atoms with van der Waals surface area (Å²) in [6, 6.07) is 11.6. The highest BCUT2D eigenvalue weighted by atomic mass is 19.1. The van der Waals surface area contributed by atoms with Gasteiger partial charge in [-0.25, -0.2) is 13.6 Å². The second-order valence-corrected chi connectivity index (χ2v) is 6.14. The van der Waals surface area contributed by atoms with E-state index in [0.717, 1.165) is 18.2 Å². The van der Waals surface area contributed by atoms with Gasteiger partial charge in [0.2, 0.25) is 0 Å². The maximum absolute atomic E-state index is 13.7. The van der Waals surface area contributed by atoms with Crippen LogP contribution >= 0.6 is 0 Å². The minimum absolute atomic E-state index is 0.00556. The number of benzene rings is 2. The fourth-order valence-electron chi connectivity index (χ4n) is 2.47. The van der Waals surface area contributed by atoms with E-state index in [4.69, 9.17) is 9.15 Å². The van der Waals surface area contributed by atoms with E-state index in [0.29, 0.717) is 0 Å². The Bertz CT molecular complexity index is 1080. The molecule has 1 aromatic heterocycles. The SMILES string of the molecule is C[C@H](OC(=O)c1ccccc1NC(=O)c1ccco1)C(=O)Nc1cc(F)ccc1F. The van der Waals surface area contributed by atoms with Crippen LogP contribution in [0.2, 0.25) is 0 Å². The summed E-state index contributed by atoms with van der Waals surface area (Å²) in [5.41, 5.74) is -0.240. The largest absolute Gasteiger partial charge is 0.459 e. The molecule has 0 aliphatic heterocycles. The summed E-state index contributed by atoms with van der Waals surface area (Å²) in [4.78, 5) is 36.9. The van der Waals surface area contributed by atoms with E-state index in [2.05, 4.69) is 10.6 Å². The molecule has 154 valence electrons. The van der Waals surface area contributed by atoms with Crippen molar-refractivity contribution in [2.24, 2.45) is 0 Å². The molecule has 0 saturated heterocycles. The number of ether oxygens (including phenoxy) is 1. The average Bonchev–Trinajstić information content (AvgIpc) is 3.26. The van der Waals surface area contributed by atoms with Crippen LogP contribution in [0.4, 0.5) is 20.2 Å². The van der Waals surface area contributed by atoms with Crippen molar-refractivity contribution in [1.82, 2.24) is 0 Å². The van der Waals surface area contributed by atoms with Crippen LogP contribution in [0, 0.1) is 11.6 Å². The molecule has 7 nitrogen and oxygen atoms in total. The highest BCUT2D eigenvalue weighted by Gasteiger charge is 2.23. The normalized spacial score (nSPS) is 11.4. The number of anilines is 2. The van der Waals surface area contributed by atoms with Gasteiger partial charge in [0, 0.05) is 6.07 Å². The van der Waals surface area contributed by atoms with E-state index < -0.39 is 35.5 Å². The lowest BCUT2D eigenvalue weighted by atomic mass is 10.1. The number of hydrogen-bond donors (Lipinski definition) is 2. The van der Waals surface area contributed by atoms with E-state index in [-0.39, 0.29) is 22.7 Å². The zero-order valence-electron chi connectivity index (χ0n) is 15.6. The van der Waals surface area contributed by atoms with E-state index in [1.807, 2.05) is 0 Å². The first-order valence-electron chi connectivity index (χ1n) is 8.76. The Labute approximate surface area is 169 Å². The summed E-state index contributed by atoms with van der Waals surface area (Å²) in [6.45, 7) is 1.27. The Balaban J connectivity index is 1.68. The minimum Gasteiger partial charge on any atom is -0.459 e. The van der Waals surface area contributed by atoms with Crippen LogP contribution in [0.5, 0.6) is 0 Å². The quantitative estimate of drug-likeness (QED) is 0.595. The molecular formula is C21H16F2N2O5. The molecule has 9 heteroatoms. The number of carbonyl (C=O) groups excluding carboxylic acids is 3. The molecule has 0 spiro atoms. The number of nitrogens with one attached hydrogen (secondary N) is 2. The third-order valence-electron chi connectivity index (χ3n) is 3.98. The molecule has 2 N–H and O–H groups in total. The molecular weight excluding hydrogens is 398 g/mol. The molecule has 0 fully saturated rings. The van der Waals surface area contributed by atoms with Gasteiger partial charge in [-0.15, -0.1) is 0 Å².